The number of nitrogens with one attached hydrogen (secondary N) is 1. The Morgan fingerprint density at radius 3 is 2.78 bits per heavy atom. The number of thioether (sulfide) groups is 1. The van der Waals surface area contributed by atoms with E-state index in [1.165, 1.54) is 11.8 Å². The largest absolute Gasteiger partial charge is 0.478 e. The topological polar surface area (TPSA) is 69.6 Å². The highest BCUT2D eigenvalue weighted by molar-refractivity contribution is 7.99. The van der Waals surface area contributed by atoms with Gasteiger partial charge in [-0.2, -0.15) is 0 Å². The maximum absolute atomic E-state index is 11.3. The molecule has 1 atom stereocenters. The molecule has 0 radical (unpaired) electrons. The normalized spacial score (nSPS) is 12.2. The molecule has 0 saturated heterocycles. The lowest BCUT2D eigenvalue weighted by Crippen LogP contribution is -2.16. The van der Waals surface area contributed by atoms with E-state index in [-0.39, 0.29) is 12.5 Å². The number of hydrogen-bond acceptors (Lipinski definition) is 4. The SMILES string of the molecule is CCSc1cccc(NCC(C)CO)c1C(=O)O. The number of benzene rings is 1. The highest BCUT2D eigenvalue weighted by Crippen LogP contribution is 2.28. The molecule has 18 heavy (non-hydrogen) atoms. The molecule has 100 valence electrons. The van der Waals surface area contributed by atoms with Crippen molar-refractivity contribution in [1.82, 2.24) is 0 Å². The van der Waals surface area contributed by atoms with E-state index in [2.05, 4.69) is 5.32 Å². The molecule has 0 aromatic heterocycles. The van der Waals surface area contributed by atoms with Crippen LogP contribution in [0.25, 0.3) is 0 Å². The van der Waals surface area contributed by atoms with Gasteiger partial charge in [0, 0.05) is 23.7 Å². The van der Waals surface area contributed by atoms with Crippen LogP contribution in [0.2, 0.25) is 0 Å². The van der Waals surface area contributed by atoms with Gasteiger partial charge < -0.3 is 15.5 Å². The Labute approximate surface area is 111 Å². The molecule has 0 bridgehead atoms. The summed E-state index contributed by atoms with van der Waals surface area (Å²) in [6.07, 6.45) is 0. The lowest BCUT2D eigenvalue weighted by Gasteiger charge is -2.15. The number of aromatic carboxylic acids is 1. The second-order valence-electron chi connectivity index (χ2n) is 4.09. The Morgan fingerprint density at radius 1 is 1.50 bits per heavy atom. The van der Waals surface area contributed by atoms with Crippen molar-refractivity contribution in [2.24, 2.45) is 5.92 Å². The molecule has 0 amide bonds. The smallest absolute Gasteiger partial charge is 0.338 e. The van der Waals surface area contributed by atoms with Gasteiger partial charge in [-0.1, -0.05) is 19.9 Å². The number of hydrogen-bond donors (Lipinski definition) is 3. The first kappa shape index (κ1) is 14.9. The summed E-state index contributed by atoms with van der Waals surface area (Å²) in [5.41, 5.74) is 0.927. The minimum absolute atomic E-state index is 0.0821. The summed E-state index contributed by atoms with van der Waals surface area (Å²) in [7, 11) is 0. The number of aliphatic hydroxyl groups is 1. The highest BCUT2D eigenvalue weighted by atomic mass is 32.2. The second-order valence-corrected chi connectivity index (χ2v) is 5.39. The van der Waals surface area contributed by atoms with E-state index >= 15 is 0 Å². The highest BCUT2D eigenvalue weighted by Gasteiger charge is 2.15. The maximum Gasteiger partial charge on any atom is 0.338 e. The minimum atomic E-state index is -0.925. The number of carbonyl (C=O) groups is 1. The summed E-state index contributed by atoms with van der Waals surface area (Å²) >= 11 is 1.51. The van der Waals surface area contributed by atoms with E-state index in [1.54, 1.807) is 6.07 Å². The molecule has 0 aliphatic carbocycles. The molecular formula is C13H19NO3S. The molecule has 1 aromatic carbocycles. The Kier molecular flexibility index (Phi) is 6.01. The van der Waals surface area contributed by atoms with Crippen molar-refractivity contribution in [3.05, 3.63) is 23.8 Å². The quantitative estimate of drug-likeness (QED) is 0.664. The van der Waals surface area contributed by atoms with Crippen LogP contribution in [0.4, 0.5) is 5.69 Å². The van der Waals surface area contributed by atoms with Gasteiger partial charge in [0.05, 0.1) is 5.56 Å². The zero-order chi connectivity index (χ0) is 13.5. The number of carboxylic acids is 1. The molecule has 0 fully saturated rings. The fourth-order valence-electron chi connectivity index (χ4n) is 1.52. The Morgan fingerprint density at radius 2 is 2.22 bits per heavy atom. The van der Waals surface area contributed by atoms with Gasteiger partial charge in [-0.05, 0) is 23.8 Å². The summed E-state index contributed by atoms with van der Waals surface area (Å²) in [6.45, 7) is 4.53. The second kappa shape index (κ2) is 7.28. The molecule has 0 aliphatic heterocycles. The zero-order valence-electron chi connectivity index (χ0n) is 10.6. The van der Waals surface area contributed by atoms with Gasteiger partial charge in [-0.25, -0.2) is 4.79 Å². The first-order valence-electron chi connectivity index (χ1n) is 5.94. The van der Waals surface area contributed by atoms with Crippen LogP contribution in [0.15, 0.2) is 23.1 Å². The Bertz CT molecular complexity index is 409. The van der Waals surface area contributed by atoms with Crippen LogP contribution in [0, 0.1) is 5.92 Å². The third kappa shape index (κ3) is 3.92. The van der Waals surface area contributed by atoms with Gasteiger partial charge in [0.1, 0.15) is 0 Å². The molecule has 0 saturated carbocycles. The van der Waals surface area contributed by atoms with E-state index < -0.39 is 5.97 Å². The molecule has 1 rings (SSSR count). The lowest BCUT2D eigenvalue weighted by atomic mass is 10.1. The van der Waals surface area contributed by atoms with Crippen molar-refractivity contribution in [3.63, 3.8) is 0 Å². The van der Waals surface area contributed by atoms with E-state index in [4.69, 9.17) is 5.11 Å². The van der Waals surface area contributed by atoms with E-state index in [1.807, 2.05) is 26.0 Å². The number of anilines is 1. The third-order valence-corrected chi connectivity index (χ3v) is 3.43. The van der Waals surface area contributed by atoms with Crippen LogP contribution >= 0.6 is 11.8 Å². The zero-order valence-corrected chi connectivity index (χ0v) is 11.5. The average molecular weight is 269 g/mol. The van der Waals surface area contributed by atoms with Crippen LogP contribution in [-0.4, -0.2) is 35.1 Å². The molecular weight excluding hydrogens is 250 g/mol. The van der Waals surface area contributed by atoms with Gasteiger partial charge in [-0.3, -0.25) is 0 Å². The van der Waals surface area contributed by atoms with E-state index in [0.717, 1.165) is 10.6 Å². The van der Waals surface area contributed by atoms with Crippen molar-refractivity contribution in [2.75, 3.05) is 24.2 Å². The number of aliphatic hydroxyl groups excluding tert-OH is 1. The first-order chi connectivity index (χ1) is 8.60. The van der Waals surface area contributed by atoms with Crippen LogP contribution < -0.4 is 5.32 Å². The average Bonchev–Trinajstić information content (AvgIpc) is 2.36. The van der Waals surface area contributed by atoms with Crippen LogP contribution in [-0.2, 0) is 0 Å². The van der Waals surface area contributed by atoms with Crippen molar-refractivity contribution in [1.29, 1.82) is 0 Å². The van der Waals surface area contributed by atoms with Gasteiger partial charge >= 0.3 is 5.97 Å². The molecule has 0 heterocycles. The Balaban J connectivity index is 2.95. The third-order valence-electron chi connectivity index (χ3n) is 2.49. The summed E-state index contributed by atoms with van der Waals surface area (Å²) < 4.78 is 0. The lowest BCUT2D eigenvalue weighted by molar-refractivity contribution is 0.0694. The summed E-state index contributed by atoms with van der Waals surface area (Å²) in [4.78, 5) is 12.1. The molecule has 0 aliphatic rings. The number of carboxylic acid groups (broad SMARTS) is 1. The van der Waals surface area contributed by atoms with Gasteiger partial charge in [0.15, 0.2) is 0 Å². The predicted molar refractivity (Wildman–Crippen MR) is 74.5 cm³/mol. The fraction of sp³-hybridized carbons (Fsp3) is 0.462. The molecule has 4 nitrogen and oxygen atoms in total. The molecule has 1 aromatic rings. The summed E-state index contributed by atoms with van der Waals surface area (Å²) in [5, 5.41) is 21.4. The van der Waals surface area contributed by atoms with Crippen molar-refractivity contribution >= 4 is 23.4 Å². The molecule has 3 N–H and O–H groups in total. The molecule has 0 spiro atoms. The van der Waals surface area contributed by atoms with Crippen LogP contribution in [0.3, 0.4) is 0 Å². The first-order valence-corrected chi connectivity index (χ1v) is 6.92. The summed E-state index contributed by atoms with van der Waals surface area (Å²) in [6, 6.07) is 5.42. The van der Waals surface area contributed by atoms with Gasteiger partial charge in [-0.15, -0.1) is 11.8 Å². The van der Waals surface area contributed by atoms with Crippen molar-refractivity contribution in [3.8, 4) is 0 Å². The standard InChI is InChI=1S/C13H19NO3S/c1-3-18-11-6-4-5-10(12(11)13(16)17)14-7-9(2)8-15/h4-6,9,14-15H,3,7-8H2,1-2H3,(H,16,17). The number of rotatable bonds is 7. The molecule has 5 heteroatoms. The maximum atomic E-state index is 11.3. The van der Waals surface area contributed by atoms with Gasteiger partial charge in [0.2, 0.25) is 0 Å². The van der Waals surface area contributed by atoms with E-state index in [9.17, 15) is 9.90 Å². The van der Waals surface area contributed by atoms with E-state index in [0.29, 0.717) is 17.8 Å². The molecule has 1 unspecified atom stereocenters. The van der Waals surface area contributed by atoms with Crippen molar-refractivity contribution < 1.29 is 15.0 Å². The van der Waals surface area contributed by atoms with Crippen molar-refractivity contribution in [2.45, 2.75) is 18.7 Å². The fourth-order valence-corrected chi connectivity index (χ4v) is 2.35. The summed E-state index contributed by atoms with van der Waals surface area (Å²) in [5.74, 6) is -0.00336. The monoisotopic (exact) mass is 269 g/mol. The predicted octanol–water partition coefficient (Wildman–Crippen LogP) is 2.54. The minimum Gasteiger partial charge on any atom is -0.478 e. The van der Waals surface area contributed by atoms with Crippen LogP contribution in [0.5, 0.6) is 0 Å². The Hall–Kier alpha value is -1.20. The van der Waals surface area contributed by atoms with Crippen LogP contribution in [0.1, 0.15) is 24.2 Å². The van der Waals surface area contributed by atoms with Gasteiger partial charge in [0.25, 0.3) is 0 Å².